The number of pyridine rings is 1. The van der Waals surface area contributed by atoms with Gasteiger partial charge in [0.1, 0.15) is 0 Å². The van der Waals surface area contributed by atoms with Gasteiger partial charge in [-0.15, -0.1) is 11.3 Å². The number of H-pyrrole nitrogens is 1. The van der Waals surface area contributed by atoms with Crippen molar-refractivity contribution in [1.82, 2.24) is 19.5 Å². The molecule has 0 amide bonds. The monoisotopic (exact) mass is 403 g/mol. The van der Waals surface area contributed by atoms with Crippen molar-refractivity contribution in [2.24, 2.45) is 7.05 Å². The molecule has 3 N–H and O–H groups in total. The Morgan fingerprint density at radius 3 is 2.86 bits per heavy atom. The predicted molar refractivity (Wildman–Crippen MR) is 115 cm³/mol. The third kappa shape index (κ3) is 2.94. The molecule has 0 atom stereocenters. The van der Waals surface area contributed by atoms with E-state index in [2.05, 4.69) is 38.5 Å². The molecule has 1 aromatic carbocycles. The molecule has 0 radical (unpaired) electrons. The summed E-state index contributed by atoms with van der Waals surface area (Å²) in [6.07, 6.45) is 3.36. The summed E-state index contributed by atoms with van der Waals surface area (Å²) in [5.74, 6) is -1.03. The number of aromatic amines is 1. The number of fused-ring (bicyclic) bond motifs is 2. The quantitative estimate of drug-likeness (QED) is 0.395. The van der Waals surface area contributed by atoms with Crippen molar-refractivity contribution in [3.8, 4) is 10.6 Å². The number of hydrogen-bond acceptors (Lipinski definition) is 5. The molecule has 0 fully saturated rings. The molecule has 0 saturated heterocycles. The molecule has 0 bridgehead atoms. The van der Waals surface area contributed by atoms with Gasteiger partial charge >= 0.3 is 5.97 Å². The number of hydrogen-bond donors (Lipinski definition) is 3. The second-order valence-electron chi connectivity index (χ2n) is 6.89. The van der Waals surface area contributed by atoms with E-state index in [9.17, 15) is 9.90 Å². The number of rotatable bonds is 4. The Balaban J connectivity index is 1.55. The fourth-order valence-electron chi connectivity index (χ4n) is 3.51. The fraction of sp³-hybridized carbons (Fsp3) is 0.0952. The van der Waals surface area contributed by atoms with Crippen LogP contribution in [0.25, 0.3) is 31.7 Å². The summed E-state index contributed by atoms with van der Waals surface area (Å²) in [5.41, 5.74) is 5.79. The number of thiophene rings is 1. The minimum Gasteiger partial charge on any atom is -0.475 e. The second kappa shape index (κ2) is 6.46. The number of aryl methyl sites for hydroxylation is 1. The maximum Gasteiger partial charge on any atom is 0.372 e. The SMILES string of the molecule is Cc1cc2cc(Nc3ccnc4cc(-c5cnc(C(=O)O)n5C)sc34)ccc2[nH]1. The first-order valence-corrected chi connectivity index (χ1v) is 9.81. The van der Waals surface area contributed by atoms with E-state index in [0.717, 1.165) is 48.8 Å². The Bertz CT molecular complexity index is 1400. The first-order valence-electron chi connectivity index (χ1n) is 9.00. The van der Waals surface area contributed by atoms with Gasteiger partial charge in [-0.05, 0) is 43.3 Å². The van der Waals surface area contributed by atoms with Crippen LogP contribution in [0.2, 0.25) is 0 Å². The van der Waals surface area contributed by atoms with Gasteiger partial charge in [-0.2, -0.15) is 0 Å². The molecule has 0 saturated carbocycles. The minimum absolute atomic E-state index is 0.0128. The van der Waals surface area contributed by atoms with Crippen LogP contribution in [0.15, 0.2) is 48.8 Å². The lowest BCUT2D eigenvalue weighted by Crippen LogP contribution is -2.06. The van der Waals surface area contributed by atoms with Gasteiger partial charge in [-0.25, -0.2) is 9.78 Å². The number of carbonyl (C=O) groups is 1. The third-order valence-corrected chi connectivity index (χ3v) is 6.06. The van der Waals surface area contributed by atoms with Gasteiger partial charge in [0.25, 0.3) is 0 Å². The molecule has 5 aromatic rings. The topological polar surface area (TPSA) is 95.8 Å². The van der Waals surface area contributed by atoms with Crippen LogP contribution in [0, 0.1) is 6.92 Å². The van der Waals surface area contributed by atoms with Gasteiger partial charge in [0.15, 0.2) is 0 Å². The number of nitrogens with zero attached hydrogens (tertiary/aromatic N) is 3. The zero-order chi connectivity index (χ0) is 20.1. The van der Waals surface area contributed by atoms with E-state index in [1.54, 1.807) is 35.3 Å². The van der Waals surface area contributed by atoms with Crippen LogP contribution in [0.1, 0.15) is 16.3 Å². The van der Waals surface area contributed by atoms with Crippen molar-refractivity contribution in [1.29, 1.82) is 0 Å². The molecule has 29 heavy (non-hydrogen) atoms. The van der Waals surface area contributed by atoms with E-state index in [-0.39, 0.29) is 5.82 Å². The molecular weight excluding hydrogens is 386 g/mol. The van der Waals surface area contributed by atoms with Crippen molar-refractivity contribution < 1.29 is 9.90 Å². The predicted octanol–water partition coefficient (Wildman–Crippen LogP) is 4.93. The minimum atomic E-state index is -1.05. The van der Waals surface area contributed by atoms with E-state index in [4.69, 9.17) is 0 Å². The molecule has 4 heterocycles. The van der Waals surface area contributed by atoms with Crippen molar-refractivity contribution in [2.45, 2.75) is 6.92 Å². The van der Waals surface area contributed by atoms with Crippen LogP contribution in [-0.2, 0) is 7.05 Å². The number of aromatic carboxylic acids is 1. The molecule has 5 rings (SSSR count). The van der Waals surface area contributed by atoms with Gasteiger partial charge in [-0.3, -0.25) is 4.98 Å². The van der Waals surface area contributed by atoms with Crippen LogP contribution in [0.4, 0.5) is 11.4 Å². The molecule has 0 unspecified atom stereocenters. The number of aromatic nitrogens is 4. The van der Waals surface area contributed by atoms with Crippen molar-refractivity contribution in [2.75, 3.05) is 5.32 Å². The fourth-order valence-corrected chi connectivity index (χ4v) is 4.64. The smallest absolute Gasteiger partial charge is 0.372 e. The number of benzene rings is 1. The normalized spacial score (nSPS) is 11.4. The van der Waals surface area contributed by atoms with Crippen LogP contribution in [0.3, 0.4) is 0 Å². The Hall–Kier alpha value is -3.65. The van der Waals surface area contributed by atoms with Crippen molar-refractivity contribution in [3.05, 3.63) is 60.3 Å². The molecule has 0 spiro atoms. The van der Waals surface area contributed by atoms with E-state index in [0.29, 0.717) is 0 Å². The number of nitrogens with one attached hydrogen (secondary N) is 2. The Labute approximate surface area is 169 Å². The highest BCUT2D eigenvalue weighted by Crippen LogP contribution is 2.37. The first-order chi connectivity index (χ1) is 14.0. The molecule has 4 aromatic heterocycles. The van der Waals surface area contributed by atoms with Crippen molar-refractivity contribution in [3.63, 3.8) is 0 Å². The molecular formula is C21H17N5O2S. The lowest BCUT2D eigenvalue weighted by atomic mass is 10.2. The van der Waals surface area contributed by atoms with E-state index >= 15 is 0 Å². The Kier molecular flexibility index (Phi) is 3.88. The standard InChI is InChI=1S/C21H17N5O2S/c1-11-7-12-8-13(3-4-14(12)24-11)25-15-5-6-22-16-9-18(29-19(15)16)17-10-23-20(21(27)28)26(17)2/h3-10,24H,1-2H3,(H,22,25)(H,27,28). The van der Waals surface area contributed by atoms with Gasteiger partial charge in [0.05, 0.1) is 32.7 Å². The number of anilines is 2. The highest BCUT2D eigenvalue weighted by atomic mass is 32.1. The van der Waals surface area contributed by atoms with E-state index in [1.165, 1.54) is 0 Å². The average molecular weight is 403 g/mol. The summed E-state index contributed by atoms with van der Waals surface area (Å²) in [7, 11) is 1.71. The molecule has 8 heteroatoms. The highest BCUT2D eigenvalue weighted by Gasteiger charge is 2.17. The summed E-state index contributed by atoms with van der Waals surface area (Å²) in [5, 5.41) is 13.9. The van der Waals surface area contributed by atoms with Gasteiger partial charge in [-0.1, -0.05) is 0 Å². The molecule has 0 aliphatic heterocycles. The Morgan fingerprint density at radius 1 is 1.21 bits per heavy atom. The second-order valence-corrected chi connectivity index (χ2v) is 7.95. The average Bonchev–Trinajstić information content (AvgIpc) is 3.36. The summed E-state index contributed by atoms with van der Waals surface area (Å²) in [6, 6.07) is 12.2. The Morgan fingerprint density at radius 2 is 2.07 bits per heavy atom. The lowest BCUT2D eigenvalue weighted by Gasteiger charge is -2.07. The van der Waals surface area contributed by atoms with Gasteiger partial charge < -0.3 is 20.0 Å². The third-order valence-electron chi connectivity index (χ3n) is 4.88. The summed E-state index contributed by atoms with van der Waals surface area (Å²) < 4.78 is 2.59. The van der Waals surface area contributed by atoms with Crippen molar-refractivity contribution >= 4 is 49.8 Å². The van der Waals surface area contributed by atoms with Gasteiger partial charge in [0.2, 0.25) is 5.82 Å². The zero-order valence-electron chi connectivity index (χ0n) is 15.7. The molecule has 7 nitrogen and oxygen atoms in total. The first kappa shape index (κ1) is 17.4. The van der Waals surface area contributed by atoms with Crippen LogP contribution < -0.4 is 5.32 Å². The molecule has 0 aliphatic rings. The number of carboxylic acids is 1. The van der Waals surface area contributed by atoms with Crippen LogP contribution in [-0.4, -0.2) is 30.6 Å². The summed E-state index contributed by atoms with van der Waals surface area (Å²) >= 11 is 1.56. The van der Waals surface area contributed by atoms with Crippen LogP contribution in [0.5, 0.6) is 0 Å². The number of carboxylic acid groups (broad SMARTS) is 1. The molecule has 0 aliphatic carbocycles. The maximum atomic E-state index is 11.3. The zero-order valence-corrected chi connectivity index (χ0v) is 16.5. The summed E-state index contributed by atoms with van der Waals surface area (Å²) in [4.78, 5) is 24.0. The van der Waals surface area contributed by atoms with Crippen LogP contribution >= 0.6 is 11.3 Å². The maximum absolute atomic E-state index is 11.3. The molecule has 144 valence electrons. The largest absolute Gasteiger partial charge is 0.475 e. The highest BCUT2D eigenvalue weighted by molar-refractivity contribution is 7.22. The van der Waals surface area contributed by atoms with E-state index < -0.39 is 5.97 Å². The lowest BCUT2D eigenvalue weighted by molar-refractivity contribution is 0.0680. The number of imidazole rings is 1. The van der Waals surface area contributed by atoms with E-state index in [1.807, 2.05) is 25.1 Å². The van der Waals surface area contributed by atoms with Gasteiger partial charge in [0, 0.05) is 35.5 Å². The summed E-state index contributed by atoms with van der Waals surface area (Å²) in [6.45, 7) is 2.04.